The molecule has 0 amide bonds. The quantitative estimate of drug-likeness (QED) is 0.532. The van der Waals surface area contributed by atoms with E-state index in [-0.39, 0.29) is 12.4 Å². The van der Waals surface area contributed by atoms with Gasteiger partial charge < -0.3 is 4.57 Å². The normalized spacial score (nSPS) is 9.18. The Labute approximate surface area is 78.0 Å². The molecule has 0 unspecified atom stereocenters. The number of rotatable bonds is 4. The third-order valence-electron chi connectivity index (χ3n) is 1.36. The smallest absolute Gasteiger partial charge is 0.0945 e. The van der Waals surface area contributed by atoms with E-state index >= 15 is 0 Å². The SMILES string of the molecule is Cl.ClCCCCn1ccnc1. The van der Waals surface area contributed by atoms with Gasteiger partial charge in [0.25, 0.3) is 0 Å². The van der Waals surface area contributed by atoms with E-state index < -0.39 is 0 Å². The number of hydrogen-bond acceptors (Lipinski definition) is 1. The van der Waals surface area contributed by atoms with E-state index in [2.05, 4.69) is 9.55 Å². The standard InChI is InChI=1S/C7H11ClN2.ClH/c8-3-1-2-5-10-6-4-9-7-10;/h4,6-7H,1-3,5H2;1H. The molecule has 0 radical (unpaired) electrons. The van der Waals surface area contributed by atoms with Crippen molar-refractivity contribution in [3.63, 3.8) is 0 Å². The summed E-state index contributed by atoms with van der Waals surface area (Å²) >= 11 is 5.52. The van der Waals surface area contributed by atoms with Crippen molar-refractivity contribution in [2.24, 2.45) is 0 Å². The molecule has 0 aliphatic carbocycles. The Hall–Kier alpha value is -0.210. The Kier molecular flexibility index (Phi) is 6.37. The van der Waals surface area contributed by atoms with Crippen molar-refractivity contribution < 1.29 is 0 Å². The monoisotopic (exact) mass is 194 g/mol. The molecular weight excluding hydrogens is 183 g/mol. The Bertz CT molecular complexity index is 163. The second kappa shape index (κ2) is 6.50. The van der Waals surface area contributed by atoms with Crippen LogP contribution in [-0.2, 0) is 6.54 Å². The molecule has 1 rings (SSSR count). The topological polar surface area (TPSA) is 17.8 Å². The van der Waals surface area contributed by atoms with Crippen LogP contribution in [0.2, 0.25) is 0 Å². The van der Waals surface area contributed by atoms with Gasteiger partial charge in [-0.05, 0) is 12.8 Å². The summed E-state index contributed by atoms with van der Waals surface area (Å²) in [4.78, 5) is 3.93. The fourth-order valence-corrected chi connectivity index (χ4v) is 0.997. The van der Waals surface area contributed by atoms with E-state index in [4.69, 9.17) is 11.6 Å². The van der Waals surface area contributed by atoms with Gasteiger partial charge in [-0.1, -0.05) is 0 Å². The van der Waals surface area contributed by atoms with E-state index in [0.717, 1.165) is 25.3 Å². The lowest BCUT2D eigenvalue weighted by molar-refractivity contribution is 0.633. The molecule has 2 nitrogen and oxygen atoms in total. The van der Waals surface area contributed by atoms with E-state index in [9.17, 15) is 0 Å². The molecule has 4 heteroatoms. The zero-order chi connectivity index (χ0) is 7.23. The van der Waals surface area contributed by atoms with Crippen molar-refractivity contribution in [2.75, 3.05) is 5.88 Å². The number of aryl methyl sites for hydroxylation is 1. The molecule has 1 aromatic heterocycles. The van der Waals surface area contributed by atoms with Crippen molar-refractivity contribution in [2.45, 2.75) is 19.4 Å². The molecule has 1 heterocycles. The fraction of sp³-hybridized carbons (Fsp3) is 0.571. The summed E-state index contributed by atoms with van der Waals surface area (Å²) in [7, 11) is 0. The first-order valence-corrected chi connectivity index (χ1v) is 3.98. The summed E-state index contributed by atoms with van der Waals surface area (Å²) < 4.78 is 2.06. The number of aromatic nitrogens is 2. The first-order valence-electron chi connectivity index (χ1n) is 3.45. The summed E-state index contributed by atoms with van der Waals surface area (Å²) in [5, 5.41) is 0. The summed E-state index contributed by atoms with van der Waals surface area (Å²) in [6.45, 7) is 1.03. The highest BCUT2D eigenvalue weighted by molar-refractivity contribution is 6.17. The lowest BCUT2D eigenvalue weighted by atomic mass is 10.3. The lowest BCUT2D eigenvalue weighted by Gasteiger charge is -1.97. The molecular formula is C7H12Cl2N2. The van der Waals surface area contributed by atoms with Crippen LogP contribution < -0.4 is 0 Å². The molecule has 1 aromatic rings. The van der Waals surface area contributed by atoms with Crippen molar-refractivity contribution >= 4 is 24.0 Å². The van der Waals surface area contributed by atoms with E-state index in [1.165, 1.54) is 0 Å². The summed E-state index contributed by atoms with van der Waals surface area (Å²) in [5.41, 5.74) is 0. The number of imidazole rings is 1. The molecule has 0 saturated carbocycles. The van der Waals surface area contributed by atoms with Crippen LogP contribution in [0, 0.1) is 0 Å². The van der Waals surface area contributed by atoms with Gasteiger partial charge in [-0.15, -0.1) is 24.0 Å². The maximum absolute atomic E-state index is 5.52. The third-order valence-corrected chi connectivity index (χ3v) is 1.63. The molecule has 0 aromatic carbocycles. The van der Waals surface area contributed by atoms with E-state index in [1.807, 2.05) is 12.5 Å². The van der Waals surface area contributed by atoms with Gasteiger partial charge >= 0.3 is 0 Å². The molecule has 0 fully saturated rings. The average Bonchev–Trinajstić information content (AvgIpc) is 2.41. The van der Waals surface area contributed by atoms with Crippen LogP contribution in [-0.4, -0.2) is 15.4 Å². The highest BCUT2D eigenvalue weighted by Crippen LogP contribution is 1.95. The Morgan fingerprint density at radius 3 is 2.73 bits per heavy atom. The average molecular weight is 195 g/mol. The summed E-state index contributed by atoms with van der Waals surface area (Å²) in [6.07, 6.45) is 7.81. The van der Waals surface area contributed by atoms with Crippen molar-refractivity contribution in [3.05, 3.63) is 18.7 Å². The van der Waals surface area contributed by atoms with Gasteiger partial charge in [0.05, 0.1) is 6.33 Å². The molecule has 0 saturated heterocycles. The summed E-state index contributed by atoms with van der Waals surface area (Å²) in [5.74, 6) is 0.759. The maximum atomic E-state index is 5.52. The van der Waals surface area contributed by atoms with Crippen LogP contribution in [0.1, 0.15) is 12.8 Å². The van der Waals surface area contributed by atoms with Gasteiger partial charge in [-0.2, -0.15) is 0 Å². The largest absolute Gasteiger partial charge is 0.337 e. The molecule has 0 spiro atoms. The zero-order valence-electron chi connectivity index (χ0n) is 6.24. The lowest BCUT2D eigenvalue weighted by Crippen LogP contribution is -1.93. The number of halogens is 2. The number of hydrogen-bond donors (Lipinski definition) is 0. The highest BCUT2D eigenvalue weighted by Gasteiger charge is 1.88. The van der Waals surface area contributed by atoms with Crippen LogP contribution in [0.4, 0.5) is 0 Å². The van der Waals surface area contributed by atoms with Gasteiger partial charge in [0.1, 0.15) is 0 Å². The number of nitrogens with zero attached hydrogens (tertiary/aromatic N) is 2. The second-order valence-electron chi connectivity index (χ2n) is 2.20. The number of alkyl halides is 1. The van der Waals surface area contributed by atoms with E-state index in [1.54, 1.807) is 6.20 Å². The van der Waals surface area contributed by atoms with Gasteiger partial charge in [0.2, 0.25) is 0 Å². The predicted molar refractivity (Wildman–Crippen MR) is 49.4 cm³/mol. The Morgan fingerprint density at radius 2 is 2.18 bits per heavy atom. The highest BCUT2D eigenvalue weighted by atomic mass is 35.5. The summed E-state index contributed by atoms with van der Waals surface area (Å²) in [6, 6.07) is 0. The zero-order valence-corrected chi connectivity index (χ0v) is 7.81. The van der Waals surface area contributed by atoms with Crippen LogP contribution in [0.15, 0.2) is 18.7 Å². The second-order valence-corrected chi connectivity index (χ2v) is 2.57. The van der Waals surface area contributed by atoms with Gasteiger partial charge in [-0.3, -0.25) is 0 Å². The molecule has 64 valence electrons. The first-order chi connectivity index (χ1) is 4.93. The van der Waals surface area contributed by atoms with Gasteiger partial charge in [-0.25, -0.2) is 4.98 Å². The van der Waals surface area contributed by atoms with Crippen molar-refractivity contribution in [1.82, 2.24) is 9.55 Å². The van der Waals surface area contributed by atoms with Gasteiger partial charge in [0.15, 0.2) is 0 Å². The van der Waals surface area contributed by atoms with Crippen LogP contribution >= 0.6 is 24.0 Å². The van der Waals surface area contributed by atoms with Crippen LogP contribution in [0.5, 0.6) is 0 Å². The fourth-order valence-electron chi connectivity index (χ4n) is 0.808. The molecule has 11 heavy (non-hydrogen) atoms. The minimum absolute atomic E-state index is 0. The van der Waals surface area contributed by atoms with Crippen molar-refractivity contribution in [1.29, 1.82) is 0 Å². The van der Waals surface area contributed by atoms with Crippen molar-refractivity contribution in [3.8, 4) is 0 Å². The maximum Gasteiger partial charge on any atom is 0.0945 e. The number of unbranched alkanes of at least 4 members (excludes halogenated alkanes) is 1. The van der Waals surface area contributed by atoms with Crippen LogP contribution in [0.3, 0.4) is 0 Å². The Balaban J connectivity index is 0.000001000. The third kappa shape index (κ3) is 4.27. The van der Waals surface area contributed by atoms with E-state index in [0.29, 0.717) is 0 Å². The molecule has 0 bridgehead atoms. The molecule has 0 aliphatic heterocycles. The minimum atomic E-state index is 0. The minimum Gasteiger partial charge on any atom is -0.337 e. The predicted octanol–water partition coefficient (Wildman–Crippen LogP) is 2.32. The Morgan fingerprint density at radius 1 is 1.36 bits per heavy atom. The molecule has 0 atom stereocenters. The molecule has 0 N–H and O–H groups in total. The van der Waals surface area contributed by atoms with Crippen LogP contribution in [0.25, 0.3) is 0 Å². The van der Waals surface area contributed by atoms with Gasteiger partial charge in [0, 0.05) is 24.8 Å². The molecule has 0 aliphatic rings. The first kappa shape index (κ1) is 10.8.